The Balaban J connectivity index is 1.56. The van der Waals surface area contributed by atoms with E-state index in [1.54, 1.807) is 36.4 Å². The summed E-state index contributed by atoms with van der Waals surface area (Å²) >= 11 is 0. The van der Waals surface area contributed by atoms with Gasteiger partial charge in [0.15, 0.2) is 0 Å². The van der Waals surface area contributed by atoms with Crippen LogP contribution in [0.4, 0.5) is 5.69 Å². The monoisotopic (exact) mass is 375 g/mol. The molecule has 0 spiro atoms. The fourth-order valence-electron chi connectivity index (χ4n) is 2.70. The predicted octanol–water partition coefficient (Wildman–Crippen LogP) is 4.45. The number of carboxylic acid groups (broad SMARTS) is 1. The number of carbonyl (C=O) groups excluding carboxylic acids is 1. The van der Waals surface area contributed by atoms with Gasteiger partial charge in [-0.1, -0.05) is 42.5 Å². The maximum atomic E-state index is 12.4. The molecule has 1 amide bonds. The van der Waals surface area contributed by atoms with Crippen LogP contribution < -0.4 is 10.1 Å². The number of aryl methyl sites for hydroxylation is 1. The molecule has 0 aliphatic rings. The van der Waals surface area contributed by atoms with E-state index in [1.807, 2.05) is 43.3 Å². The Bertz CT molecular complexity index is 963. The Labute approximate surface area is 163 Å². The van der Waals surface area contributed by atoms with Crippen LogP contribution in [0.1, 0.15) is 27.0 Å². The van der Waals surface area contributed by atoms with Crippen molar-refractivity contribution < 1.29 is 19.4 Å². The Morgan fingerprint density at radius 1 is 0.893 bits per heavy atom. The van der Waals surface area contributed by atoms with Crippen molar-refractivity contribution >= 4 is 17.6 Å². The first kappa shape index (κ1) is 19.2. The Hall–Kier alpha value is -3.60. The number of nitrogens with one attached hydrogen (secondary N) is 1. The van der Waals surface area contributed by atoms with E-state index in [9.17, 15) is 9.59 Å². The topological polar surface area (TPSA) is 75.6 Å². The van der Waals surface area contributed by atoms with Crippen LogP contribution in [-0.4, -0.2) is 17.0 Å². The van der Waals surface area contributed by atoms with Gasteiger partial charge in [-0.05, 0) is 53.9 Å². The second kappa shape index (κ2) is 8.86. The first-order chi connectivity index (χ1) is 13.5. The van der Waals surface area contributed by atoms with Crippen LogP contribution in [0.2, 0.25) is 0 Å². The zero-order valence-corrected chi connectivity index (χ0v) is 15.5. The zero-order valence-electron chi connectivity index (χ0n) is 15.5. The van der Waals surface area contributed by atoms with Crippen molar-refractivity contribution in [3.8, 4) is 5.75 Å². The highest BCUT2D eigenvalue weighted by Gasteiger charge is 2.08. The van der Waals surface area contributed by atoms with Crippen molar-refractivity contribution in [3.63, 3.8) is 0 Å². The van der Waals surface area contributed by atoms with Gasteiger partial charge in [0.2, 0.25) is 0 Å². The largest absolute Gasteiger partial charge is 0.489 e. The van der Waals surface area contributed by atoms with Gasteiger partial charge in [-0.25, -0.2) is 0 Å². The highest BCUT2D eigenvalue weighted by molar-refractivity contribution is 6.04. The van der Waals surface area contributed by atoms with Gasteiger partial charge in [0.1, 0.15) is 12.4 Å². The predicted molar refractivity (Wildman–Crippen MR) is 108 cm³/mol. The Kier molecular flexibility index (Phi) is 6.07. The average Bonchev–Trinajstić information content (AvgIpc) is 2.69. The molecule has 0 bridgehead atoms. The zero-order chi connectivity index (χ0) is 19.9. The van der Waals surface area contributed by atoms with Gasteiger partial charge in [0, 0.05) is 11.3 Å². The van der Waals surface area contributed by atoms with Crippen LogP contribution >= 0.6 is 0 Å². The first-order valence-electron chi connectivity index (χ1n) is 8.91. The molecule has 3 aromatic carbocycles. The van der Waals surface area contributed by atoms with E-state index in [0.29, 0.717) is 17.9 Å². The van der Waals surface area contributed by atoms with Crippen LogP contribution in [-0.2, 0) is 17.8 Å². The van der Waals surface area contributed by atoms with Gasteiger partial charge in [-0.3, -0.25) is 9.59 Å². The summed E-state index contributed by atoms with van der Waals surface area (Å²) in [7, 11) is 0. The lowest BCUT2D eigenvalue weighted by atomic mass is 10.1. The smallest absolute Gasteiger partial charge is 0.307 e. The summed E-state index contributed by atoms with van der Waals surface area (Å²) in [6.07, 6.45) is 0.00711. The number of benzene rings is 3. The molecule has 3 aromatic rings. The number of rotatable bonds is 7. The fourth-order valence-corrected chi connectivity index (χ4v) is 2.70. The van der Waals surface area contributed by atoms with E-state index in [1.165, 1.54) is 0 Å². The summed E-state index contributed by atoms with van der Waals surface area (Å²) in [5.74, 6) is -0.368. The maximum absolute atomic E-state index is 12.4. The summed E-state index contributed by atoms with van der Waals surface area (Å²) in [5.41, 5.74) is 4.04. The number of anilines is 1. The number of ether oxygens (including phenoxy) is 1. The number of hydrogen-bond acceptors (Lipinski definition) is 3. The molecule has 0 aliphatic carbocycles. The van der Waals surface area contributed by atoms with Crippen LogP contribution in [0.25, 0.3) is 0 Å². The standard InChI is InChI=1S/C23H21NO4/c1-16-4-2-3-5-21(16)24-23(27)19-10-12-20(13-11-19)28-15-18-8-6-17(7-9-18)14-22(25)26/h2-13H,14-15H2,1H3,(H,24,27)(H,25,26). The van der Waals surface area contributed by atoms with E-state index < -0.39 is 5.97 Å². The molecule has 0 saturated heterocycles. The van der Waals surface area contributed by atoms with Gasteiger partial charge in [0.25, 0.3) is 5.91 Å². The molecule has 142 valence electrons. The molecule has 3 rings (SSSR count). The number of carbonyl (C=O) groups is 2. The van der Waals surface area contributed by atoms with Gasteiger partial charge >= 0.3 is 5.97 Å². The van der Waals surface area contributed by atoms with Crippen molar-refractivity contribution in [2.45, 2.75) is 20.0 Å². The molecule has 0 fully saturated rings. The molecule has 2 N–H and O–H groups in total. The number of hydrogen-bond donors (Lipinski definition) is 2. The summed E-state index contributed by atoms with van der Waals surface area (Å²) < 4.78 is 5.74. The lowest BCUT2D eigenvalue weighted by molar-refractivity contribution is -0.136. The number of amides is 1. The highest BCUT2D eigenvalue weighted by Crippen LogP contribution is 2.18. The summed E-state index contributed by atoms with van der Waals surface area (Å²) in [4.78, 5) is 23.1. The lowest BCUT2D eigenvalue weighted by Gasteiger charge is -2.10. The minimum Gasteiger partial charge on any atom is -0.489 e. The van der Waals surface area contributed by atoms with Crippen molar-refractivity contribution in [3.05, 3.63) is 95.1 Å². The minimum atomic E-state index is -0.851. The normalized spacial score (nSPS) is 10.3. The summed E-state index contributed by atoms with van der Waals surface area (Å²) in [5, 5.41) is 11.7. The molecule has 0 saturated carbocycles. The van der Waals surface area contributed by atoms with E-state index in [0.717, 1.165) is 22.4 Å². The first-order valence-corrected chi connectivity index (χ1v) is 8.91. The minimum absolute atomic E-state index is 0.00711. The third-order valence-electron chi connectivity index (χ3n) is 4.29. The lowest BCUT2D eigenvalue weighted by Crippen LogP contribution is -2.12. The highest BCUT2D eigenvalue weighted by atomic mass is 16.5. The third-order valence-corrected chi connectivity index (χ3v) is 4.29. The Morgan fingerprint density at radius 3 is 2.18 bits per heavy atom. The van der Waals surface area contributed by atoms with Crippen molar-refractivity contribution in [1.29, 1.82) is 0 Å². The van der Waals surface area contributed by atoms with E-state index >= 15 is 0 Å². The van der Waals surface area contributed by atoms with E-state index in [-0.39, 0.29) is 12.3 Å². The third kappa shape index (κ3) is 5.20. The Morgan fingerprint density at radius 2 is 1.54 bits per heavy atom. The average molecular weight is 375 g/mol. The molecular formula is C23H21NO4. The van der Waals surface area contributed by atoms with Crippen LogP contribution in [0.5, 0.6) is 5.75 Å². The molecule has 0 radical (unpaired) electrons. The van der Waals surface area contributed by atoms with Crippen LogP contribution in [0, 0.1) is 6.92 Å². The quantitative estimate of drug-likeness (QED) is 0.640. The number of aliphatic carboxylic acids is 1. The fraction of sp³-hybridized carbons (Fsp3) is 0.130. The van der Waals surface area contributed by atoms with Gasteiger partial charge in [-0.2, -0.15) is 0 Å². The molecule has 0 atom stereocenters. The second-order valence-electron chi connectivity index (χ2n) is 6.47. The molecule has 0 heterocycles. The molecule has 5 heteroatoms. The second-order valence-corrected chi connectivity index (χ2v) is 6.47. The van der Waals surface area contributed by atoms with Gasteiger partial charge < -0.3 is 15.2 Å². The SMILES string of the molecule is Cc1ccccc1NC(=O)c1ccc(OCc2ccc(CC(=O)O)cc2)cc1. The van der Waals surface area contributed by atoms with Crippen LogP contribution in [0.3, 0.4) is 0 Å². The summed E-state index contributed by atoms with van der Waals surface area (Å²) in [6, 6.07) is 21.8. The molecule has 0 unspecified atom stereocenters. The van der Waals surface area contributed by atoms with Crippen molar-refractivity contribution in [2.75, 3.05) is 5.32 Å². The molecule has 0 aliphatic heterocycles. The summed E-state index contributed by atoms with van der Waals surface area (Å²) in [6.45, 7) is 2.31. The van der Waals surface area contributed by atoms with Crippen LogP contribution in [0.15, 0.2) is 72.8 Å². The van der Waals surface area contributed by atoms with Gasteiger partial charge in [0.05, 0.1) is 6.42 Å². The van der Waals surface area contributed by atoms with Gasteiger partial charge in [-0.15, -0.1) is 0 Å². The van der Waals surface area contributed by atoms with E-state index in [2.05, 4.69) is 5.32 Å². The van der Waals surface area contributed by atoms with Crippen molar-refractivity contribution in [1.82, 2.24) is 0 Å². The van der Waals surface area contributed by atoms with E-state index in [4.69, 9.17) is 9.84 Å². The van der Waals surface area contributed by atoms with Crippen molar-refractivity contribution in [2.24, 2.45) is 0 Å². The molecule has 28 heavy (non-hydrogen) atoms. The molecule has 5 nitrogen and oxygen atoms in total. The number of para-hydroxylation sites is 1. The number of carboxylic acids is 1. The maximum Gasteiger partial charge on any atom is 0.307 e. The molecular weight excluding hydrogens is 354 g/mol. The molecule has 0 aromatic heterocycles.